The summed E-state index contributed by atoms with van der Waals surface area (Å²) in [6.45, 7) is 10.7. The maximum atomic E-state index is 9.65. The molecule has 0 saturated carbocycles. The Kier molecular flexibility index (Phi) is 6.74. The maximum absolute atomic E-state index is 9.65. The Labute approximate surface area is 118 Å². The molecule has 4 heteroatoms. The first-order valence-electron chi connectivity index (χ1n) is 7.63. The second-order valence-corrected chi connectivity index (χ2v) is 6.30. The van der Waals surface area contributed by atoms with Crippen molar-refractivity contribution < 1.29 is 9.84 Å². The molecular weight excluding hydrogens is 240 g/mol. The topological polar surface area (TPSA) is 44.7 Å². The highest BCUT2D eigenvalue weighted by atomic mass is 16.5. The summed E-state index contributed by atoms with van der Waals surface area (Å²) in [6, 6.07) is 0.930. The molecule has 0 aromatic rings. The van der Waals surface area contributed by atoms with Crippen molar-refractivity contribution in [2.75, 3.05) is 26.8 Å². The fourth-order valence-corrected chi connectivity index (χ4v) is 3.00. The molecule has 1 saturated heterocycles. The van der Waals surface area contributed by atoms with Crippen molar-refractivity contribution >= 4 is 0 Å². The second kappa shape index (κ2) is 7.58. The summed E-state index contributed by atoms with van der Waals surface area (Å²) in [4.78, 5) is 2.42. The molecule has 0 aromatic heterocycles. The number of rotatable bonds is 8. The smallest absolute Gasteiger partial charge is 0.0703 e. The van der Waals surface area contributed by atoms with E-state index < -0.39 is 0 Å². The number of likely N-dealkylation sites (N-methyl/N-ethyl adjacent to an activating group) is 1. The van der Waals surface area contributed by atoms with Crippen LogP contribution in [0.2, 0.25) is 0 Å². The zero-order valence-corrected chi connectivity index (χ0v) is 13.3. The largest absolute Gasteiger partial charge is 0.394 e. The Bertz CT molecular complexity index is 263. The van der Waals surface area contributed by atoms with Crippen LogP contribution >= 0.6 is 0 Å². The lowest BCUT2D eigenvalue weighted by atomic mass is 9.92. The Morgan fingerprint density at radius 2 is 2.21 bits per heavy atom. The SMILES string of the molecule is CCCNC(C)(CO)CC(C)N(C)C1CCOC1C. The molecule has 19 heavy (non-hydrogen) atoms. The van der Waals surface area contributed by atoms with Gasteiger partial charge < -0.3 is 15.2 Å². The van der Waals surface area contributed by atoms with Crippen molar-refractivity contribution in [3.8, 4) is 0 Å². The van der Waals surface area contributed by atoms with Crippen molar-refractivity contribution in [3.63, 3.8) is 0 Å². The lowest BCUT2D eigenvalue weighted by Crippen LogP contribution is -2.52. The third kappa shape index (κ3) is 4.71. The number of ether oxygens (including phenoxy) is 1. The first-order chi connectivity index (χ1) is 8.93. The summed E-state index contributed by atoms with van der Waals surface area (Å²) in [7, 11) is 2.18. The summed E-state index contributed by atoms with van der Waals surface area (Å²) in [5.41, 5.74) is -0.188. The molecule has 1 fully saturated rings. The molecule has 114 valence electrons. The van der Waals surface area contributed by atoms with Crippen LogP contribution in [0.1, 0.15) is 47.0 Å². The zero-order valence-electron chi connectivity index (χ0n) is 13.3. The molecule has 0 amide bonds. The van der Waals surface area contributed by atoms with E-state index in [-0.39, 0.29) is 12.1 Å². The molecule has 0 bridgehead atoms. The summed E-state index contributed by atoms with van der Waals surface area (Å²) in [6.07, 6.45) is 3.47. The highest BCUT2D eigenvalue weighted by molar-refractivity contribution is 4.90. The van der Waals surface area contributed by atoms with Gasteiger partial charge in [0.05, 0.1) is 12.7 Å². The van der Waals surface area contributed by atoms with Crippen molar-refractivity contribution in [2.45, 2.75) is 70.7 Å². The Morgan fingerprint density at radius 1 is 1.53 bits per heavy atom. The molecular formula is C15H32N2O2. The van der Waals surface area contributed by atoms with Gasteiger partial charge in [-0.25, -0.2) is 0 Å². The normalized spacial score (nSPS) is 28.6. The Morgan fingerprint density at radius 3 is 2.68 bits per heavy atom. The van der Waals surface area contributed by atoms with Crippen LogP contribution in [0, 0.1) is 0 Å². The molecule has 0 radical (unpaired) electrons. The predicted molar refractivity (Wildman–Crippen MR) is 79.4 cm³/mol. The minimum Gasteiger partial charge on any atom is -0.394 e. The molecule has 1 aliphatic heterocycles. The monoisotopic (exact) mass is 272 g/mol. The van der Waals surface area contributed by atoms with Gasteiger partial charge in [-0.1, -0.05) is 6.92 Å². The van der Waals surface area contributed by atoms with E-state index >= 15 is 0 Å². The number of aliphatic hydroxyl groups excluding tert-OH is 1. The quantitative estimate of drug-likeness (QED) is 0.705. The number of aliphatic hydroxyl groups is 1. The highest BCUT2D eigenvalue weighted by Gasteiger charge is 2.33. The van der Waals surface area contributed by atoms with E-state index in [1.165, 1.54) is 0 Å². The van der Waals surface area contributed by atoms with E-state index in [9.17, 15) is 5.11 Å². The van der Waals surface area contributed by atoms with Gasteiger partial charge >= 0.3 is 0 Å². The van der Waals surface area contributed by atoms with E-state index in [1.807, 2.05) is 0 Å². The lowest BCUT2D eigenvalue weighted by Gasteiger charge is -2.38. The van der Waals surface area contributed by atoms with Gasteiger partial charge in [0.15, 0.2) is 0 Å². The van der Waals surface area contributed by atoms with Gasteiger partial charge in [-0.15, -0.1) is 0 Å². The van der Waals surface area contributed by atoms with E-state index in [2.05, 4.69) is 45.0 Å². The van der Waals surface area contributed by atoms with Crippen LogP contribution in [0.25, 0.3) is 0 Å². The fraction of sp³-hybridized carbons (Fsp3) is 1.00. The second-order valence-electron chi connectivity index (χ2n) is 6.30. The van der Waals surface area contributed by atoms with Crippen LogP contribution in [0.4, 0.5) is 0 Å². The lowest BCUT2D eigenvalue weighted by molar-refractivity contribution is 0.0560. The third-order valence-electron chi connectivity index (χ3n) is 4.45. The van der Waals surface area contributed by atoms with Gasteiger partial charge in [-0.3, -0.25) is 4.90 Å². The average molecular weight is 272 g/mol. The van der Waals surface area contributed by atoms with Gasteiger partial charge in [0, 0.05) is 24.2 Å². The molecule has 0 spiro atoms. The summed E-state index contributed by atoms with van der Waals surface area (Å²) in [5.74, 6) is 0. The molecule has 0 aromatic carbocycles. The van der Waals surface area contributed by atoms with E-state index in [4.69, 9.17) is 4.74 Å². The van der Waals surface area contributed by atoms with Crippen molar-refractivity contribution in [2.24, 2.45) is 0 Å². The van der Waals surface area contributed by atoms with Crippen molar-refractivity contribution in [1.29, 1.82) is 0 Å². The van der Waals surface area contributed by atoms with Gasteiger partial charge in [-0.2, -0.15) is 0 Å². The number of hydrogen-bond donors (Lipinski definition) is 2. The Balaban J connectivity index is 2.53. The van der Waals surface area contributed by atoms with Crippen LogP contribution < -0.4 is 5.32 Å². The van der Waals surface area contributed by atoms with Crippen LogP contribution in [0.3, 0.4) is 0 Å². The van der Waals surface area contributed by atoms with Gasteiger partial charge in [0.2, 0.25) is 0 Å². The number of nitrogens with zero attached hydrogens (tertiary/aromatic N) is 1. The zero-order chi connectivity index (χ0) is 14.5. The van der Waals surface area contributed by atoms with Crippen LogP contribution in [0.5, 0.6) is 0 Å². The first-order valence-corrected chi connectivity index (χ1v) is 7.63. The van der Waals surface area contributed by atoms with Crippen LogP contribution in [-0.2, 0) is 4.74 Å². The summed E-state index contributed by atoms with van der Waals surface area (Å²) < 4.78 is 5.65. The molecule has 1 aliphatic rings. The Hall–Kier alpha value is -0.160. The first kappa shape index (κ1) is 16.9. The van der Waals surface area contributed by atoms with Gasteiger partial charge in [0.25, 0.3) is 0 Å². The van der Waals surface area contributed by atoms with Crippen LogP contribution in [0.15, 0.2) is 0 Å². The maximum Gasteiger partial charge on any atom is 0.0703 e. The molecule has 4 nitrogen and oxygen atoms in total. The standard InChI is InChI=1S/C15H32N2O2/c1-6-8-16-15(4,11-18)10-12(2)17(5)14-7-9-19-13(14)3/h12-14,16,18H,6-11H2,1-5H3. The molecule has 4 unspecified atom stereocenters. The van der Waals surface area contributed by atoms with Gasteiger partial charge in [0.1, 0.15) is 0 Å². The summed E-state index contributed by atoms with van der Waals surface area (Å²) >= 11 is 0. The predicted octanol–water partition coefficient (Wildman–Crippen LogP) is 1.62. The molecule has 0 aliphatic carbocycles. The minimum atomic E-state index is -0.188. The van der Waals surface area contributed by atoms with E-state index in [1.54, 1.807) is 0 Å². The fourth-order valence-electron chi connectivity index (χ4n) is 3.00. The van der Waals surface area contributed by atoms with Crippen LogP contribution in [-0.4, -0.2) is 60.5 Å². The number of nitrogens with one attached hydrogen (secondary N) is 1. The average Bonchev–Trinajstić information content (AvgIpc) is 2.81. The van der Waals surface area contributed by atoms with E-state index in [0.717, 1.165) is 32.4 Å². The summed E-state index contributed by atoms with van der Waals surface area (Å²) in [5, 5.41) is 13.1. The highest BCUT2D eigenvalue weighted by Crippen LogP contribution is 2.23. The molecule has 1 heterocycles. The molecule has 2 N–H and O–H groups in total. The molecule has 1 rings (SSSR count). The van der Waals surface area contributed by atoms with E-state index in [0.29, 0.717) is 18.2 Å². The molecule has 4 atom stereocenters. The van der Waals surface area contributed by atoms with Gasteiger partial charge in [-0.05, 0) is 53.6 Å². The minimum absolute atomic E-state index is 0.182. The number of hydrogen-bond acceptors (Lipinski definition) is 4. The van der Waals surface area contributed by atoms with Crippen molar-refractivity contribution in [1.82, 2.24) is 10.2 Å². The van der Waals surface area contributed by atoms with Crippen molar-refractivity contribution in [3.05, 3.63) is 0 Å². The third-order valence-corrected chi connectivity index (χ3v) is 4.45.